The van der Waals surface area contributed by atoms with Gasteiger partial charge in [-0.1, -0.05) is 6.08 Å². The summed E-state index contributed by atoms with van der Waals surface area (Å²) >= 11 is 0. The molecule has 3 amide bonds. The first-order valence-electron chi connectivity index (χ1n) is 14.6. The molecule has 0 aliphatic carbocycles. The maximum Gasteiger partial charge on any atom is 0.255 e. The number of benzene rings is 2. The molecule has 0 bridgehead atoms. The molecule has 45 heavy (non-hydrogen) atoms. The summed E-state index contributed by atoms with van der Waals surface area (Å²) in [6.45, 7) is 1.77. The number of ether oxygens (including phenoxy) is 1. The lowest BCUT2D eigenvalue weighted by atomic mass is 9.98. The average molecular weight is 604 g/mol. The van der Waals surface area contributed by atoms with Gasteiger partial charge in [-0.05, 0) is 69.0 Å². The van der Waals surface area contributed by atoms with Gasteiger partial charge in [0.2, 0.25) is 11.8 Å². The van der Waals surface area contributed by atoms with E-state index in [-0.39, 0.29) is 17.7 Å². The molecule has 11 heteroatoms. The second-order valence-electron chi connectivity index (χ2n) is 11.1. The number of carbonyl (C=O) groups is 3. The summed E-state index contributed by atoms with van der Waals surface area (Å²) in [5.74, 6) is 0.946. The highest BCUT2D eigenvalue weighted by Gasteiger charge is 2.25. The Kier molecular flexibility index (Phi) is 8.52. The fourth-order valence-corrected chi connectivity index (χ4v) is 5.21. The van der Waals surface area contributed by atoms with Crippen LogP contribution in [0.25, 0.3) is 11.1 Å². The molecule has 1 saturated heterocycles. The lowest BCUT2D eigenvalue weighted by Crippen LogP contribution is -2.23. The predicted octanol–water partition coefficient (Wildman–Crippen LogP) is 5.22. The van der Waals surface area contributed by atoms with E-state index in [0.717, 1.165) is 41.1 Å². The van der Waals surface area contributed by atoms with E-state index < -0.39 is 0 Å². The summed E-state index contributed by atoms with van der Waals surface area (Å²) in [6.07, 6.45) is 9.73. The van der Waals surface area contributed by atoms with Crippen molar-refractivity contribution in [2.45, 2.75) is 19.4 Å². The van der Waals surface area contributed by atoms with Gasteiger partial charge in [-0.25, -0.2) is 4.98 Å². The number of hydrogen-bond donors (Lipinski definition) is 3. The Morgan fingerprint density at radius 1 is 0.956 bits per heavy atom. The van der Waals surface area contributed by atoms with Crippen LogP contribution >= 0.6 is 0 Å². The van der Waals surface area contributed by atoms with E-state index in [1.54, 1.807) is 53.7 Å². The first-order chi connectivity index (χ1) is 21.8. The van der Waals surface area contributed by atoms with Gasteiger partial charge in [0, 0.05) is 71.5 Å². The Morgan fingerprint density at radius 3 is 2.56 bits per heavy atom. The highest BCUT2D eigenvalue weighted by atomic mass is 16.5. The van der Waals surface area contributed by atoms with Crippen LogP contribution in [0.1, 0.15) is 28.8 Å². The molecule has 0 unspecified atom stereocenters. The van der Waals surface area contributed by atoms with Gasteiger partial charge >= 0.3 is 0 Å². The SMILES string of the molecule is CN(C)C/C=C/C(=O)Nc1ccc(C(=O)Nc2cncc(Nc3cc4c(cn3)-c3ccc(N5CCCC5=O)cc3OC4)c2)cc1. The second kappa shape index (κ2) is 13.0. The van der Waals surface area contributed by atoms with Crippen LogP contribution in [0.5, 0.6) is 5.75 Å². The van der Waals surface area contributed by atoms with E-state index in [2.05, 4.69) is 25.9 Å². The summed E-state index contributed by atoms with van der Waals surface area (Å²) < 4.78 is 6.07. The first-order valence-corrected chi connectivity index (χ1v) is 14.6. The Bertz CT molecular complexity index is 1790. The molecular formula is C34H33N7O4. The molecule has 1 fully saturated rings. The molecule has 0 saturated carbocycles. The quantitative estimate of drug-likeness (QED) is 0.222. The van der Waals surface area contributed by atoms with Crippen LogP contribution in [0.15, 0.2) is 85.3 Å². The third-order valence-corrected chi connectivity index (χ3v) is 7.44. The minimum atomic E-state index is -0.308. The minimum absolute atomic E-state index is 0.141. The summed E-state index contributed by atoms with van der Waals surface area (Å²) in [7, 11) is 3.85. The van der Waals surface area contributed by atoms with E-state index in [1.165, 1.54) is 6.08 Å². The Hall–Kier alpha value is -5.55. The van der Waals surface area contributed by atoms with Gasteiger partial charge in [-0.3, -0.25) is 19.4 Å². The predicted molar refractivity (Wildman–Crippen MR) is 174 cm³/mol. The highest BCUT2D eigenvalue weighted by Crippen LogP contribution is 2.40. The molecule has 11 nitrogen and oxygen atoms in total. The maximum absolute atomic E-state index is 12.9. The zero-order valence-corrected chi connectivity index (χ0v) is 25.0. The van der Waals surface area contributed by atoms with Crippen molar-refractivity contribution in [2.75, 3.05) is 48.0 Å². The number of anilines is 5. The molecule has 2 aliphatic heterocycles. The number of aromatic nitrogens is 2. The van der Waals surface area contributed by atoms with E-state index in [1.807, 2.05) is 49.5 Å². The zero-order chi connectivity index (χ0) is 31.3. The second-order valence-corrected chi connectivity index (χ2v) is 11.1. The van der Waals surface area contributed by atoms with Crippen LogP contribution in [-0.2, 0) is 16.2 Å². The third-order valence-electron chi connectivity index (χ3n) is 7.44. The van der Waals surface area contributed by atoms with Crippen molar-refractivity contribution in [3.63, 3.8) is 0 Å². The van der Waals surface area contributed by atoms with Gasteiger partial charge in [0.05, 0.1) is 23.8 Å². The fraction of sp³-hybridized carbons (Fsp3) is 0.206. The van der Waals surface area contributed by atoms with Gasteiger partial charge in [0.25, 0.3) is 5.91 Å². The van der Waals surface area contributed by atoms with Crippen LogP contribution in [0.3, 0.4) is 0 Å². The van der Waals surface area contributed by atoms with Crippen LogP contribution in [0.2, 0.25) is 0 Å². The normalized spacial score (nSPS) is 13.8. The molecule has 2 aromatic carbocycles. The smallest absolute Gasteiger partial charge is 0.255 e. The Balaban J connectivity index is 1.08. The number of amides is 3. The van der Waals surface area contributed by atoms with Crippen LogP contribution in [-0.4, -0.2) is 59.8 Å². The topological polar surface area (TPSA) is 129 Å². The molecule has 4 heterocycles. The standard InChI is InChI=1S/C34H33N7O4/c1-40(2)13-3-5-32(42)38-24-9-7-22(8-10-24)34(44)39-26-16-25(18-35-19-26)37-31-15-23-21-45-30-17-27(41-14-4-6-33(41)43)11-12-28(30)29(23)20-36-31/h3,5,7-12,15-20H,4,6,13-14,21H2,1-2H3,(H,36,37)(H,38,42)(H,39,44)/b5-3+. The molecule has 2 aliphatic rings. The van der Waals surface area contributed by atoms with Gasteiger partial charge in [0.15, 0.2) is 0 Å². The van der Waals surface area contributed by atoms with Crippen molar-refractivity contribution in [3.05, 3.63) is 96.5 Å². The van der Waals surface area contributed by atoms with Gasteiger partial charge < -0.3 is 30.5 Å². The first kappa shape index (κ1) is 29.5. The highest BCUT2D eigenvalue weighted by molar-refractivity contribution is 6.05. The van der Waals surface area contributed by atoms with Crippen molar-refractivity contribution >= 4 is 46.3 Å². The zero-order valence-electron chi connectivity index (χ0n) is 25.0. The van der Waals surface area contributed by atoms with Crippen molar-refractivity contribution in [3.8, 4) is 16.9 Å². The van der Waals surface area contributed by atoms with Crippen LogP contribution < -0.4 is 25.6 Å². The van der Waals surface area contributed by atoms with Crippen molar-refractivity contribution in [1.82, 2.24) is 14.9 Å². The third kappa shape index (κ3) is 7.00. The number of likely N-dealkylation sites (N-methyl/N-ethyl adjacent to an activating group) is 1. The molecule has 3 N–H and O–H groups in total. The van der Waals surface area contributed by atoms with E-state index >= 15 is 0 Å². The summed E-state index contributed by atoms with van der Waals surface area (Å²) in [5, 5.41) is 8.90. The largest absolute Gasteiger partial charge is 0.488 e. The molecule has 0 spiro atoms. The molecule has 2 aromatic heterocycles. The van der Waals surface area contributed by atoms with Crippen molar-refractivity contribution in [2.24, 2.45) is 0 Å². The summed E-state index contributed by atoms with van der Waals surface area (Å²) in [4.78, 5) is 49.8. The van der Waals surface area contributed by atoms with Gasteiger partial charge in [-0.15, -0.1) is 0 Å². The number of fused-ring (bicyclic) bond motifs is 3. The number of nitrogens with zero attached hydrogens (tertiary/aromatic N) is 4. The minimum Gasteiger partial charge on any atom is -0.488 e. The van der Waals surface area contributed by atoms with E-state index in [9.17, 15) is 14.4 Å². The Morgan fingerprint density at radius 2 is 1.78 bits per heavy atom. The molecule has 228 valence electrons. The van der Waals surface area contributed by atoms with E-state index in [4.69, 9.17) is 4.74 Å². The Labute approximate surface area is 260 Å². The maximum atomic E-state index is 12.9. The van der Waals surface area contributed by atoms with Crippen LogP contribution in [0.4, 0.5) is 28.6 Å². The molecule has 6 rings (SSSR count). The summed E-state index contributed by atoms with van der Waals surface area (Å²) in [6, 6.07) is 16.2. The number of nitrogens with one attached hydrogen (secondary N) is 3. The number of hydrogen-bond acceptors (Lipinski definition) is 8. The van der Waals surface area contributed by atoms with Crippen LogP contribution in [0, 0.1) is 0 Å². The molecular weight excluding hydrogens is 570 g/mol. The average Bonchev–Trinajstić information content (AvgIpc) is 3.46. The number of rotatable bonds is 9. The number of pyridine rings is 2. The van der Waals surface area contributed by atoms with Crippen molar-refractivity contribution < 1.29 is 19.1 Å². The fourth-order valence-electron chi connectivity index (χ4n) is 5.21. The lowest BCUT2D eigenvalue weighted by Gasteiger charge is -2.24. The lowest BCUT2D eigenvalue weighted by molar-refractivity contribution is -0.117. The van der Waals surface area contributed by atoms with Crippen molar-refractivity contribution in [1.29, 1.82) is 0 Å². The van der Waals surface area contributed by atoms with Gasteiger partial charge in [0.1, 0.15) is 18.2 Å². The molecule has 0 atom stereocenters. The number of carbonyl (C=O) groups excluding carboxylic acids is 3. The molecule has 0 radical (unpaired) electrons. The van der Waals surface area contributed by atoms with E-state index in [0.29, 0.717) is 48.0 Å². The molecule has 4 aromatic rings. The summed E-state index contributed by atoms with van der Waals surface area (Å²) in [5.41, 5.74) is 5.94. The monoisotopic (exact) mass is 603 g/mol. The van der Waals surface area contributed by atoms with Gasteiger partial charge in [-0.2, -0.15) is 0 Å².